The lowest BCUT2D eigenvalue weighted by molar-refractivity contribution is 0.353. The zero-order valence-corrected chi connectivity index (χ0v) is 14.3. The Morgan fingerprint density at radius 3 is 2.62 bits per heavy atom. The van der Waals surface area contributed by atoms with Crippen molar-refractivity contribution < 1.29 is 13.9 Å². The van der Waals surface area contributed by atoms with E-state index in [0.29, 0.717) is 40.6 Å². The zero-order valence-electron chi connectivity index (χ0n) is 14.3. The van der Waals surface area contributed by atoms with Gasteiger partial charge in [-0.1, -0.05) is 13.8 Å². The largest absolute Gasteiger partial charge is 0.480 e. The predicted octanol–water partition coefficient (Wildman–Crippen LogP) is 3.18. The Hall–Kier alpha value is -2.31. The number of methoxy groups -OCH3 is 2. The lowest BCUT2D eigenvalue weighted by Gasteiger charge is -2.11. The molecule has 0 unspecified atom stereocenters. The van der Waals surface area contributed by atoms with Gasteiger partial charge in [0.2, 0.25) is 5.88 Å². The first-order chi connectivity index (χ1) is 11.6. The lowest BCUT2D eigenvalue weighted by atomic mass is 10.0. The molecule has 0 aromatic carbocycles. The minimum atomic E-state index is -0.611. The molecular weight excluding hydrogens is 311 g/mol. The Morgan fingerprint density at radius 2 is 2.04 bits per heavy atom. The van der Waals surface area contributed by atoms with Gasteiger partial charge in [-0.15, -0.1) is 5.10 Å². The average Bonchev–Trinajstić information content (AvgIpc) is 3.41. The summed E-state index contributed by atoms with van der Waals surface area (Å²) in [5.41, 5.74) is 2.54. The zero-order chi connectivity index (χ0) is 17.3. The second-order valence-corrected chi connectivity index (χ2v) is 6.29. The molecule has 1 saturated carbocycles. The Kier molecular flexibility index (Phi) is 4.59. The van der Waals surface area contributed by atoms with Gasteiger partial charge in [-0.3, -0.25) is 0 Å². The van der Waals surface area contributed by atoms with E-state index in [9.17, 15) is 4.39 Å². The minimum Gasteiger partial charge on any atom is -0.480 e. The molecule has 3 rings (SSSR count). The van der Waals surface area contributed by atoms with Crippen molar-refractivity contribution in [2.24, 2.45) is 11.8 Å². The number of rotatable bonds is 6. The third kappa shape index (κ3) is 3.02. The maximum atomic E-state index is 13.3. The molecule has 1 fully saturated rings. The second-order valence-electron chi connectivity index (χ2n) is 6.29. The van der Waals surface area contributed by atoms with Gasteiger partial charge in [-0.2, -0.15) is 10.1 Å². The van der Waals surface area contributed by atoms with Crippen LogP contribution in [0.25, 0.3) is 11.3 Å². The van der Waals surface area contributed by atoms with Crippen LogP contribution in [-0.4, -0.2) is 34.4 Å². The maximum Gasteiger partial charge on any atom is 0.319 e. The molecule has 0 amide bonds. The first-order valence-corrected chi connectivity index (χ1v) is 7.96. The SMILES string of the molecule is COc1ncc(-c2cc([C@H]3C[C@@H]3C(C)C)c(CF)nn2)c(OC)n1. The molecule has 0 spiro atoms. The van der Waals surface area contributed by atoms with E-state index in [1.165, 1.54) is 14.2 Å². The Balaban J connectivity index is 2.01. The molecule has 6 nitrogen and oxygen atoms in total. The highest BCUT2D eigenvalue weighted by molar-refractivity contribution is 5.64. The molecule has 0 saturated heterocycles. The first kappa shape index (κ1) is 16.5. The Bertz CT molecular complexity index is 739. The van der Waals surface area contributed by atoms with Crippen LogP contribution in [0.3, 0.4) is 0 Å². The van der Waals surface area contributed by atoms with Crippen LogP contribution in [-0.2, 0) is 6.67 Å². The highest BCUT2D eigenvalue weighted by Crippen LogP contribution is 2.52. The normalized spacial score (nSPS) is 19.4. The number of halogens is 1. The van der Waals surface area contributed by atoms with Crippen LogP contribution in [0.1, 0.15) is 37.4 Å². The van der Waals surface area contributed by atoms with E-state index in [1.54, 1.807) is 6.20 Å². The number of ether oxygens (including phenoxy) is 2. The monoisotopic (exact) mass is 332 g/mol. The summed E-state index contributed by atoms with van der Waals surface area (Å²) in [4.78, 5) is 8.27. The van der Waals surface area contributed by atoms with Gasteiger partial charge in [-0.25, -0.2) is 9.37 Å². The van der Waals surface area contributed by atoms with Gasteiger partial charge in [0.25, 0.3) is 0 Å². The van der Waals surface area contributed by atoms with Crippen LogP contribution in [0.4, 0.5) is 4.39 Å². The lowest BCUT2D eigenvalue weighted by Crippen LogP contribution is -2.03. The van der Waals surface area contributed by atoms with Crippen molar-refractivity contribution in [1.82, 2.24) is 20.2 Å². The van der Waals surface area contributed by atoms with Crippen LogP contribution >= 0.6 is 0 Å². The van der Waals surface area contributed by atoms with Crippen molar-refractivity contribution in [3.8, 4) is 23.1 Å². The summed E-state index contributed by atoms with van der Waals surface area (Å²) in [5, 5.41) is 8.21. The Labute approximate surface area is 140 Å². The van der Waals surface area contributed by atoms with E-state index < -0.39 is 6.67 Å². The Morgan fingerprint density at radius 1 is 1.25 bits per heavy atom. The molecule has 2 heterocycles. The second kappa shape index (κ2) is 6.67. The van der Waals surface area contributed by atoms with Crippen LogP contribution in [0.15, 0.2) is 12.3 Å². The van der Waals surface area contributed by atoms with Gasteiger partial charge >= 0.3 is 6.01 Å². The van der Waals surface area contributed by atoms with Crippen molar-refractivity contribution in [2.75, 3.05) is 14.2 Å². The van der Waals surface area contributed by atoms with Gasteiger partial charge in [0.15, 0.2) is 0 Å². The number of aromatic nitrogens is 4. The minimum absolute atomic E-state index is 0.214. The molecule has 2 aromatic rings. The number of hydrogen-bond donors (Lipinski definition) is 0. The highest BCUT2D eigenvalue weighted by atomic mass is 19.1. The summed E-state index contributed by atoms with van der Waals surface area (Å²) in [7, 11) is 3.01. The van der Waals surface area contributed by atoms with Crippen molar-refractivity contribution in [2.45, 2.75) is 32.9 Å². The molecule has 7 heteroatoms. The molecule has 1 aliphatic rings. The van der Waals surface area contributed by atoms with Gasteiger partial charge in [0.05, 0.1) is 25.5 Å². The van der Waals surface area contributed by atoms with E-state index in [-0.39, 0.29) is 6.01 Å². The van der Waals surface area contributed by atoms with Gasteiger partial charge in [0, 0.05) is 6.20 Å². The van der Waals surface area contributed by atoms with Gasteiger partial charge in [0.1, 0.15) is 12.4 Å². The average molecular weight is 332 g/mol. The molecular formula is C17H21FN4O2. The van der Waals surface area contributed by atoms with Gasteiger partial charge in [-0.05, 0) is 35.8 Å². The number of alkyl halides is 1. The topological polar surface area (TPSA) is 70.0 Å². The smallest absolute Gasteiger partial charge is 0.319 e. The quantitative estimate of drug-likeness (QED) is 0.809. The summed E-state index contributed by atoms with van der Waals surface area (Å²) in [6, 6.07) is 2.11. The van der Waals surface area contributed by atoms with E-state index in [4.69, 9.17) is 9.47 Å². The molecule has 24 heavy (non-hydrogen) atoms. The molecule has 2 atom stereocenters. The first-order valence-electron chi connectivity index (χ1n) is 7.96. The predicted molar refractivity (Wildman–Crippen MR) is 86.7 cm³/mol. The van der Waals surface area contributed by atoms with Crippen molar-refractivity contribution in [3.05, 3.63) is 23.5 Å². The van der Waals surface area contributed by atoms with E-state index >= 15 is 0 Å². The highest BCUT2D eigenvalue weighted by Gasteiger charge is 2.42. The fourth-order valence-corrected chi connectivity index (χ4v) is 3.08. The van der Waals surface area contributed by atoms with Gasteiger partial charge < -0.3 is 9.47 Å². The van der Waals surface area contributed by atoms with Crippen LogP contribution in [0.5, 0.6) is 11.9 Å². The third-order valence-corrected chi connectivity index (χ3v) is 4.51. The molecule has 0 radical (unpaired) electrons. The van der Waals surface area contributed by atoms with E-state index in [1.807, 2.05) is 6.07 Å². The molecule has 1 aliphatic carbocycles. The maximum absolute atomic E-state index is 13.3. The van der Waals surface area contributed by atoms with Crippen LogP contribution < -0.4 is 9.47 Å². The van der Waals surface area contributed by atoms with Crippen molar-refractivity contribution in [3.63, 3.8) is 0 Å². The van der Waals surface area contributed by atoms with Crippen LogP contribution in [0.2, 0.25) is 0 Å². The molecule has 0 aliphatic heterocycles. The fraction of sp³-hybridized carbons (Fsp3) is 0.529. The summed E-state index contributed by atoms with van der Waals surface area (Å²) in [5.74, 6) is 1.83. The summed E-state index contributed by atoms with van der Waals surface area (Å²) in [6.07, 6.45) is 2.65. The van der Waals surface area contributed by atoms with Crippen molar-refractivity contribution >= 4 is 0 Å². The molecule has 2 aromatic heterocycles. The third-order valence-electron chi connectivity index (χ3n) is 4.51. The van der Waals surface area contributed by atoms with Crippen molar-refractivity contribution in [1.29, 1.82) is 0 Å². The van der Waals surface area contributed by atoms with E-state index in [2.05, 4.69) is 34.0 Å². The summed E-state index contributed by atoms with van der Waals surface area (Å²) in [6.45, 7) is 3.77. The number of hydrogen-bond acceptors (Lipinski definition) is 6. The summed E-state index contributed by atoms with van der Waals surface area (Å²) >= 11 is 0. The van der Waals surface area contributed by atoms with E-state index in [0.717, 1.165) is 12.0 Å². The van der Waals surface area contributed by atoms with Crippen LogP contribution in [0, 0.1) is 11.8 Å². The standard InChI is InChI=1S/C17H21FN4O2/c1-9(2)10-5-11(10)12-6-14(21-22-15(12)7-18)13-8-19-17(24-4)20-16(13)23-3/h6,8-11H,5,7H2,1-4H3/t10-,11+/m1/s1. The number of nitrogens with zero attached hydrogens (tertiary/aromatic N) is 4. The fourth-order valence-electron chi connectivity index (χ4n) is 3.08. The molecule has 0 N–H and O–H groups in total. The molecule has 128 valence electrons. The summed E-state index contributed by atoms with van der Waals surface area (Å²) < 4.78 is 23.6. The molecule has 0 bridgehead atoms.